The van der Waals surface area contributed by atoms with Crippen LogP contribution in [-0.2, 0) is 4.74 Å². The summed E-state index contributed by atoms with van der Waals surface area (Å²) >= 11 is 1.63. The molecule has 21 heavy (non-hydrogen) atoms. The van der Waals surface area contributed by atoms with Gasteiger partial charge in [0.05, 0.1) is 12.2 Å². The number of ether oxygens (including phenoxy) is 1. The summed E-state index contributed by atoms with van der Waals surface area (Å²) in [5.41, 5.74) is 10.0. The molecule has 2 heterocycles. The van der Waals surface area contributed by atoms with Crippen molar-refractivity contribution in [3.8, 4) is 0 Å². The van der Waals surface area contributed by atoms with Crippen LogP contribution < -0.4 is 10.2 Å². The molecule has 1 N–H and O–H groups in total. The van der Waals surface area contributed by atoms with E-state index in [-0.39, 0.29) is 12.2 Å². The minimum absolute atomic E-state index is 0.235. The number of carbonyl (C=O) groups is 1. The summed E-state index contributed by atoms with van der Waals surface area (Å²) in [5, 5.41) is 8.60. The van der Waals surface area contributed by atoms with E-state index in [1.807, 2.05) is 29.8 Å². The normalized spacial score (nSPS) is 19.5. The zero-order valence-corrected chi connectivity index (χ0v) is 11.9. The fourth-order valence-electron chi connectivity index (χ4n) is 2.26. The Balaban J connectivity index is 1.72. The van der Waals surface area contributed by atoms with Crippen molar-refractivity contribution in [2.45, 2.75) is 17.4 Å². The first kappa shape index (κ1) is 13.7. The van der Waals surface area contributed by atoms with E-state index in [1.54, 1.807) is 16.7 Å². The first-order valence-corrected chi connectivity index (χ1v) is 7.37. The van der Waals surface area contributed by atoms with Crippen LogP contribution in [0.25, 0.3) is 10.4 Å². The lowest BCUT2D eigenvalue weighted by Crippen LogP contribution is -2.24. The number of fused-ring (bicyclic) bond motifs is 1. The maximum Gasteiger partial charge on any atom is 0.414 e. The van der Waals surface area contributed by atoms with Gasteiger partial charge in [-0.15, -0.1) is 0 Å². The topological polar surface area (TPSA) is 90.3 Å². The number of thioether (sulfide) groups is 1. The van der Waals surface area contributed by atoms with Crippen molar-refractivity contribution in [1.82, 2.24) is 0 Å². The summed E-state index contributed by atoms with van der Waals surface area (Å²) in [6, 6.07) is 5.82. The summed E-state index contributed by atoms with van der Waals surface area (Å²) in [4.78, 5) is 17.4. The van der Waals surface area contributed by atoms with Gasteiger partial charge in [-0.3, -0.25) is 4.90 Å². The third-order valence-electron chi connectivity index (χ3n) is 3.27. The molecule has 1 atom stereocenters. The van der Waals surface area contributed by atoms with Gasteiger partial charge in [-0.2, -0.15) is 0 Å². The van der Waals surface area contributed by atoms with Crippen LogP contribution >= 0.6 is 11.8 Å². The van der Waals surface area contributed by atoms with Crippen LogP contribution in [0.4, 0.5) is 16.2 Å². The standard InChI is InChI=1S/C13H13N5O2S/c14-17-16-4-3-10-8-18(13(19)20-10)9-1-2-12-11(7-9)15-5-6-21-12/h1-2,5-7,10,15H,3-4,8H2/t10-/m0/s1. The van der Waals surface area contributed by atoms with Crippen molar-refractivity contribution in [1.29, 1.82) is 0 Å². The van der Waals surface area contributed by atoms with Gasteiger partial charge in [-0.25, -0.2) is 4.79 Å². The molecule has 1 aromatic rings. The summed E-state index contributed by atoms with van der Waals surface area (Å²) in [5.74, 6) is 0. The average molecular weight is 303 g/mol. The number of carbonyl (C=O) groups excluding carboxylic acids is 1. The molecule has 0 radical (unpaired) electrons. The van der Waals surface area contributed by atoms with E-state index in [0.717, 1.165) is 16.3 Å². The zero-order chi connectivity index (χ0) is 14.7. The fraction of sp³-hybridized carbons (Fsp3) is 0.308. The van der Waals surface area contributed by atoms with Crippen molar-refractivity contribution in [2.24, 2.45) is 5.11 Å². The summed E-state index contributed by atoms with van der Waals surface area (Å²) in [6.45, 7) is 0.803. The van der Waals surface area contributed by atoms with E-state index >= 15 is 0 Å². The Kier molecular flexibility index (Phi) is 3.89. The molecular weight excluding hydrogens is 290 g/mol. The summed E-state index contributed by atoms with van der Waals surface area (Å²) in [7, 11) is 0. The van der Waals surface area contributed by atoms with Gasteiger partial charge < -0.3 is 10.1 Å². The molecule has 8 heteroatoms. The molecule has 1 aromatic carbocycles. The maximum absolute atomic E-state index is 11.9. The number of anilines is 2. The predicted molar refractivity (Wildman–Crippen MR) is 81.3 cm³/mol. The molecule has 2 aliphatic heterocycles. The third kappa shape index (κ3) is 2.91. The van der Waals surface area contributed by atoms with Crippen molar-refractivity contribution in [3.63, 3.8) is 0 Å². The van der Waals surface area contributed by atoms with Gasteiger partial charge >= 0.3 is 6.09 Å². The second kappa shape index (κ2) is 5.99. The minimum Gasteiger partial charge on any atom is -0.444 e. The van der Waals surface area contributed by atoms with E-state index in [0.29, 0.717) is 19.5 Å². The molecule has 7 nitrogen and oxygen atoms in total. The zero-order valence-electron chi connectivity index (χ0n) is 11.1. The Hall–Kier alpha value is -2.31. The van der Waals surface area contributed by atoms with Crippen LogP contribution in [0.3, 0.4) is 0 Å². The highest BCUT2D eigenvalue weighted by molar-refractivity contribution is 8.02. The molecule has 1 amide bonds. The van der Waals surface area contributed by atoms with E-state index in [4.69, 9.17) is 10.3 Å². The maximum atomic E-state index is 11.9. The van der Waals surface area contributed by atoms with Gasteiger partial charge in [-0.1, -0.05) is 16.9 Å². The van der Waals surface area contributed by atoms with E-state index in [1.165, 1.54) is 0 Å². The highest BCUT2D eigenvalue weighted by Crippen LogP contribution is 2.35. The van der Waals surface area contributed by atoms with Crippen LogP contribution in [0.1, 0.15) is 6.42 Å². The first-order valence-electron chi connectivity index (χ1n) is 6.49. The van der Waals surface area contributed by atoms with Crippen molar-refractivity contribution in [2.75, 3.05) is 23.3 Å². The number of nitrogens with zero attached hydrogens (tertiary/aromatic N) is 4. The van der Waals surface area contributed by atoms with Crippen LogP contribution in [0, 0.1) is 0 Å². The third-order valence-corrected chi connectivity index (χ3v) is 4.15. The van der Waals surface area contributed by atoms with Gasteiger partial charge in [0.15, 0.2) is 0 Å². The monoisotopic (exact) mass is 303 g/mol. The van der Waals surface area contributed by atoms with Gasteiger partial charge in [0.25, 0.3) is 0 Å². The van der Waals surface area contributed by atoms with Crippen molar-refractivity contribution >= 4 is 29.2 Å². The first-order chi connectivity index (χ1) is 10.3. The predicted octanol–water partition coefficient (Wildman–Crippen LogP) is 3.70. The number of azide groups is 1. The highest BCUT2D eigenvalue weighted by atomic mass is 32.2. The molecule has 0 aromatic heterocycles. The highest BCUT2D eigenvalue weighted by Gasteiger charge is 2.32. The van der Waals surface area contributed by atoms with Crippen LogP contribution in [0.5, 0.6) is 0 Å². The number of cyclic esters (lactones) is 1. The van der Waals surface area contributed by atoms with Gasteiger partial charge in [0.2, 0.25) is 0 Å². The quantitative estimate of drug-likeness (QED) is 0.521. The number of hydrogen-bond acceptors (Lipinski definition) is 5. The lowest BCUT2D eigenvalue weighted by molar-refractivity contribution is 0.138. The Morgan fingerprint density at radius 3 is 3.33 bits per heavy atom. The number of amides is 1. The van der Waals surface area contributed by atoms with Gasteiger partial charge in [0, 0.05) is 28.2 Å². The number of hydrogen-bond donors (Lipinski definition) is 1. The Morgan fingerprint density at radius 1 is 1.57 bits per heavy atom. The molecule has 0 saturated carbocycles. The number of rotatable bonds is 4. The van der Waals surface area contributed by atoms with Crippen molar-refractivity contribution < 1.29 is 9.53 Å². The fourth-order valence-corrected chi connectivity index (χ4v) is 2.94. The molecule has 0 bridgehead atoms. The van der Waals surface area contributed by atoms with Gasteiger partial charge in [0.1, 0.15) is 6.10 Å². The van der Waals surface area contributed by atoms with Gasteiger partial charge in [-0.05, 0) is 35.6 Å². The Labute approximate surface area is 125 Å². The summed E-state index contributed by atoms with van der Waals surface area (Å²) < 4.78 is 5.28. The lowest BCUT2D eigenvalue weighted by atomic mass is 10.2. The Bertz CT molecular complexity index is 641. The van der Waals surface area contributed by atoms with Crippen molar-refractivity contribution in [3.05, 3.63) is 40.2 Å². The second-order valence-electron chi connectivity index (χ2n) is 4.60. The number of nitrogens with one attached hydrogen (secondary N) is 1. The molecule has 3 rings (SSSR count). The SMILES string of the molecule is [N-]=[N+]=NCC[C@H]1CN(c2ccc3c(c2)NC=CS3)C(=O)O1. The second-order valence-corrected chi connectivity index (χ2v) is 5.55. The average Bonchev–Trinajstić information content (AvgIpc) is 2.88. The van der Waals surface area contributed by atoms with E-state index in [2.05, 4.69) is 15.3 Å². The van der Waals surface area contributed by atoms with E-state index < -0.39 is 0 Å². The molecule has 108 valence electrons. The lowest BCUT2D eigenvalue weighted by Gasteiger charge is -2.17. The smallest absolute Gasteiger partial charge is 0.414 e. The largest absolute Gasteiger partial charge is 0.444 e. The van der Waals surface area contributed by atoms with Crippen LogP contribution in [0.15, 0.2) is 39.8 Å². The Morgan fingerprint density at radius 2 is 2.48 bits per heavy atom. The molecule has 1 fully saturated rings. The molecule has 0 spiro atoms. The molecular formula is C13H13N5O2S. The molecule has 0 unspecified atom stereocenters. The molecule has 2 aliphatic rings. The number of benzene rings is 1. The van der Waals surface area contributed by atoms with E-state index in [9.17, 15) is 4.79 Å². The molecule has 0 aliphatic carbocycles. The molecule has 1 saturated heterocycles. The minimum atomic E-state index is -0.361. The van der Waals surface area contributed by atoms with Crippen LogP contribution in [-0.4, -0.2) is 25.3 Å². The summed E-state index contributed by atoms with van der Waals surface area (Å²) in [6.07, 6.45) is 1.80. The van der Waals surface area contributed by atoms with Crippen LogP contribution in [0.2, 0.25) is 0 Å².